The zero-order chi connectivity index (χ0) is 14.9. The first-order valence-corrected chi connectivity index (χ1v) is 6.92. The van der Waals surface area contributed by atoms with Crippen molar-refractivity contribution in [3.63, 3.8) is 0 Å². The summed E-state index contributed by atoms with van der Waals surface area (Å²) in [5.41, 5.74) is 0.771. The molecule has 7 nitrogen and oxygen atoms in total. The molecular formula is C15H14N6O. The van der Waals surface area contributed by atoms with Crippen molar-refractivity contribution in [1.29, 1.82) is 0 Å². The molecule has 0 unspecified atom stereocenters. The third kappa shape index (κ3) is 2.12. The van der Waals surface area contributed by atoms with Gasteiger partial charge in [0.1, 0.15) is 23.2 Å². The van der Waals surface area contributed by atoms with Crippen LogP contribution in [0.1, 0.15) is 11.6 Å². The van der Waals surface area contributed by atoms with Crippen molar-refractivity contribution in [2.45, 2.75) is 13.5 Å². The summed E-state index contributed by atoms with van der Waals surface area (Å²) in [6.45, 7) is 2.53. The van der Waals surface area contributed by atoms with Crippen molar-refractivity contribution in [3.05, 3.63) is 60.7 Å². The first kappa shape index (κ1) is 12.6. The van der Waals surface area contributed by atoms with Gasteiger partial charge in [-0.05, 0) is 19.1 Å². The molecule has 0 bridgehead atoms. The van der Waals surface area contributed by atoms with E-state index in [0.29, 0.717) is 6.54 Å². The Morgan fingerprint density at radius 1 is 1.27 bits per heavy atom. The third-order valence-corrected chi connectivity index (χ3v) is 3.44. The molecule has 110 valence electrons. The molecule has 4 rings (SSSR count). The van der Waals surface area contributed by atoms with E-state index >= 15 is 0 Å². The van der Waals surface area contributed by atoms with Gasteiger partial charge in [0.05, 0.1) is 19.0 Å². The van der Waals surface area contributed by atoms with Gasteiger partial charge in [-0.1, -0.05) is 0 Å². The molecule has 4 aromatic heterocycles. The van der Waals surface area contributed by atoms with Crippen LogP contribution >= 0.6 is 0 Å². The number of aryl methyl sites for hydroxylation is 1. The molecule has 0 aliphatic rings. The molecule has 0 amide bonds. The monoisotopic (exact) mass is 294 g/mol. The first-order chi connectivity index (χ1) is 10.8. The zero-order valence-corrected chi connectivity index (χ0v) is 12.0. The Balaban J connectivity index is 1.75. The highest BCUT2D eigenvalue weighted by molar-refractivity contribution is 5.52. The summed E-state index contributed by atoms with van der Waals surface area (Å²) in [5.74, 6) is 3.38. The summed E-state index contributed by atoms with van der Waals surface area (Å²) in [7, 11) is 0. The van der Waals surface area contributed by atoms with Crippen LogP contribution in [0.15, 0.2) is 53.5 Å². The summed E-state index contributed by atoms with van der Waals surface area (Å²) >= 11 is 0. The molecule has 0 saturated heterocycles. The van der Waals surface area contributed by atoms with E-state index in [1.54, 1.807) is 23.2 Å². The molecular weight excluding hydrogens is 280 g/mol. The smallest absolute Gasteiger partial charge is 0.159 e. The van der Waals surface area contributed by atoms with E-state index in [0.717, 1.165) is 28.9 Å². The average Bonchev–Trinajstić information content (AvgIpc) is 3.25. The predicted octanol–water partition coefficient (Wildman–Crippen LogP) is 2.43. The van der Waals surface area contributed by atoms with E-state index in [-0.39, 0.29) is 0 Å². The van der Waals surface area contributed by atoms with Gasteiger partial charge in [0.15, 0.2) is 5.65 Å². The van der Waals surface area contributed by atoms with Gasteiger partial charge < -0.3 is 9.73 Å². The molecule has 0 saturated carbocycles. The number of aromatic nitrogens is 5. The molecule has 4 heterocycles. The summed E-state index contributed by atoms with van der Waals surface area (Å²) in [4.78, 5) is 8.82. The Hall–Kier alpha value is -3.09. The number of fused-ring (bicyclic) bond motifs is 1. The molecule has 0 fully saturated rings. The largest absolute Gasteiger partial charge is 0.467 e. The maximum absolute atomic E-state index is 5.33. The van der Waals surface area contributed by atoms with Crippen LogP contribution in [0.4, 0.5) is 5.82 Å². The van der Waals surface area contributed by atoms with Crippen molar-refractivity contribution in [1.82, 2.24) is 24.1 Å². The summed E-state index contributed by atoms with van der Waals surface area (Å²) in [6.07, 6.45) is 7.06. The quantitative estimate of drug-likeness (QED) is 0.626. The van der Waals surface area contributed by atoms with E-state index in [9.17, 15) is 0 Å². The van der Waals surface area contributed by atoms with E-state index in [2.05, 4.69) is 20.4 Å². The number of imidazole rings is 1. The SMILES string of the molecule is Cc1nccn1-c1cc(NCc2ccco2)nc2ccnn12. The number of nitrogens with zero attached hydrogens (tertiary/aromatic N) is 5. The van der Waals surface area contributed by atoms with Crippen LogP contribution < -0.4 is 5.32 Å². The molecule has 0 radical (unpaired) electrons. The molecule has 0 aromatic carbocycles. The number of hydrogen-bond acceptors (Lipinski definition) is 5. The second-order valence-corrected chi connectivity index (χ2v) is 4.88. The fraction of sp³-hybridized carbons (Fsp3) is 0.133. The minimum atomic E-state index is 0.576. The van der Waals surface area contributed by atoms with Crippen molar-refractivity contribution in [2.24, 2.45) is 0 Å². The van der Waals surface area contributed by atoms with Crippen LogP contribution in [0.5, 0.6) is 0 Å². The maximum Gasteiger partial charge on any atom is 0.159 e. The Morgan fingerprint density at radius 3 is 3.00 bits per heavy atom. The predicted molar refractivity (Wildman–Crippen MR) is 80.9 cm³/mol. The second kappa shape index (κ2) is 5.03. The second-order valence-electron chi connectivity index (χ2n) is 4.88. The number of nitrogens with one attached hydrogen (secondary N) is 1. The molecule has 4 aromatic rings. The van der Waals surface area contributed by atoms with Gasteiger partial charge >= 0.3 is 0 Å². The van der Waals surface area contributed by atoms with Crippen molar-refractivity contribution in [3.8, 4) is 5.82 Å². The molecule has 22 heavy (non-hydrogen) atoms. The van der Waals surface area contributed by atoms with E-state index in [1.165, 1.54) is 0 Å². The molecule has 0 aliphatic heterocycles. The lowest BCUT2D eigenvalue weighted by Crippen LogP contribution is -2.08. The normalized spacial score (nSPS) is 11.1. The topological polar surface area (TPSA) is 73.2 Å². The third-order valence-electron chi connectivity index (χ3n) is 3.44. The van der Waals surface area contributed by atoms with Crippen molar-refractivity contribution < 1.29 is 4.42 Å². The standard InChI is InChI=1S/C15H14N6O/c1-11-16-6-7-20(11)15-9-13(17-10-12-3-2-8-22-12)19-14-4-5-18-21(14)15/h2-9H,10H2,1H3,(H,17,19). The molecule has 7 heteroatoms. The molecule has 1 N–H and O–H groups in total. The van der Waals surface area contributed by atoms with Crippen LogP contribution in [0, 0.1) is 6.92 Å². The van der Waals surface area contributed by atoms with Gasteiger partial charge in [0.25, 0.3) is 0 Å². The van der Waals surface area contributed by atoms with Crippen molar-refractivity contribution in [2.75, 3.05) is 5.32 Å². The minimum Gasteiger partial charge on any atom is -0.467 e. The van der Waals surface area contributed by atoms with Crippen molar-refractivity contribution >= 4 is 11.5 Å². The van der Waals surface area contributed by atoms with Gasteiger partial charge in [-0.25, -0.2) is 9.97 Å². The van der Waals surface area contributed by atoms with Gasteiger partial charge in [-0.2, -0.15) is 9.61 Å². The zero-order valence-electron chi connectivity index (χ0n) is 12.0. The van der Waals surface area contributed by atoms with E-state index < -0.39 is 0 Å². The highest BCUT2D eigenvalue weighted by Crippen LogP contribution is 2.17. The van der Waals surface area contributed by atoms with Gasteiger partial charge in [0, 0.05) is 24.5 Å². The number of anilines is 1. The van der Waals surface area contributed by atoms with Crippen LogP contribution in [0.2, 0.25) is 0 Å². The number of furan rings is 1. The lowest BCUT2D eigenvalue weighted by molar-refractivity contribution is 0.518. The molecule has 0 aliphatic carbocycles. The maximum atomic E-state index is 5.33. The first-order valence-electron chi connectivity index (χ1n) is 6.92. The Kier molecular flexibility index (Phi) is 2.89. The van der Waals surface area contributed by atoms with Crippen LogP contribution in [0.3, 0.4) is 0 Å². The van der Waals surface area contributed by atoms with Crippen LogP contribution in [-0.2, 0) is 6.54 Å². The highest BCUT2D eigenvalue weighted by atomic mass is 16.3. The number of hydrogen-bond donors (Lipinski definition) is 1. The Labute approximate surface area is 126 Å². The Morgan fingerprint density at radius 2 is 2.23 bits per heavy atom. The van der Waals surface area contributed by atoms with E-state index in [4.69, 9.17) is 4.42 Å². The summed E-state index contributed by atoms with van der Waals surface area (Å²) in [5, 5.41) is 7.60. The van der Waals surface area contributed by atoms with Crippen LogP contribution in [0.25, 0.3) is 11.5 Å². The fourth-order valence-corrected chi connectivity index (χ4v) is 2.37. The summed E-state index contributed by atoms with van der Waals surface area (Å²) in [6, 6.07) is 7.60. The van der Waals surface area contributed by atoms with Crippen LogP contribution in [-0.4, -0.2) is 24.1 Å². The van der Waals surface area contributed by atoms with E-state index in [1.807, 2.05) is 42.0 Å². The average molecular weight is 294 g/mol. The summed E-state index contributed by atoms with van der Waals surface area (Å²) < 4.78 is 9.08. The Bertz CT molecular complexity index is 905. The highest BCUT2D eigenvalue weighted by Gasteiger charge is 2.10. The lowest BCUT2D eigenvalue weighted by Gasteiger charge is -2.11. The lowest BCUT2D eigenvalue weighted by atomic mass is 10.4. The number of rotatable bonds is 4. The van der Waals surface area contributed by atoms with Gasteiger partial charge in [-0.3, -0.25) is 4.57 Å². The molecule has 0 spiro atoms. The van der Waals surface area contributed by atoms with Gasteiger partial charge in [-0.15, -0.1) is 0 Å². The fourth-order valence-electron chi connectivity index (χ4n) is 2.37. The van der Waals surface area contributed by atoms with Gasteiger partial charge in [0.2, 0.25) is 0 Å². The minimum absolute atomic E-state index is 0.576. The molecule has 0 atom stereocenters.